The van der Waals surface area contributed by atoms with E-state index in [1.165, 1.54) is 17.7 Å². The minimum absolute atomic E-state index is 0.202. The van der Waals surface area contributed by atoms with Gasteiger partial charge in [-0.15, -0.1) is 0 Å². The molecule has 2 aromatic rings. The van der Waals surface area contributed by atoms with Gasteiger partial charge in [-0.25, -0.2) is 4.39 Å². The number of hydrogen-bond donors (Lipinski definition) is 0. The number of rotatable bonds is 5. The van der Waals surface area contributed by atoms with Gasteiger partial charge in [-0.3, -0.25) is 9.58 Å². The molecule has 0 spiro atoms. The summed E-state index contributed by atoms with van der Waals surface area (Å²) in [6, 6.07) is 6.50. The molecular formula is C16H20FN3. The van der Waals surface area contributed by atoms with Gasteiger partial charge in [-0.05, 0) is 31.7 Å². The molecule has 2 rings (SSSR count). The number of halogens is 1. The van der Waals surface area contributed by atoms with Gasteiger partial charge >= 0.3 is 0 Å². The standard InChI is InChI=1S/C16H20FN3/c1-13-15(12-20(3)18-13)11-19(2)10-4-5-14-6-8-16(17)9-7-14/h4-9,12H,10-11H2,1-3H3. The van der Waals surface area contributed by atoms with Crippen molar-refractivity contribution in [3.8, 4) is 0 Å². The molecule has 3 nitrogen and oxygen atoms in total. The number of aryl methyl sites for hydroxylation is 2. The van der Waals surface area contributed by atoms with E-state index in [1.807, 2.05) is 24.7 Å². The lowest BCUT2D eigenvalue weighted by Gasteiger charge is -2.13. The summed E-state index contributed by atoms with van der Waals surface area (Å²) in [5.41, 5.74) is 3.32. The van der Waals surface area contributed by atoms with Crippen molar-refractivity contribution in [2.45, 2.75) is 13.5 Å². The molecule has 0 atom stereocenters. The maximum absolute atomic E-state index is 12.8. The quantitative estimate of drug-likeness (QED) is 0.835. The molecule has 0 saturated carbocycles. The highest BCUT2D eigenvalue weighted by molar-refractivity contribution is 5.48. The summed E-state index contributed by atoms with van der Waals surface area (Å²) in [5.74, 6) is -0.202. The van der Waals surface area contributed by atoms with E-state index in [0.717, 1.165) is 24.3 Å². The predicted molar refractivity (Wildman–Crippen MR) is 79.7 cm³/mol. The van der Waals surface area contributed by atoms with Crippen molar-refractivity contribution >= 4 is 6.08 Å². The topological polar surface area (TPSA) is 21.1 Å². The lowest BCUT2D eigenvalue weighted by molar-refractivity contribution is 0.363. The molecule has 106 valence electrons. The number of hydrogen-bond acceptors (Lipinski definition) is 2. The molecule has 0 aliphatic heterocycles. The summed E-state index contributed by atoms with van der Waals surface area (Å²) < 4.78 is 14.6. The van der Waals surface area contributed by atoms with Gasteiger partial charge in [0.25, 0.3) is 0 Å². The van der Waals surface area contributed by atoms with Gasteiger partial charge in [-0.1, -0.05) is 24.3 Å². The Bertz CT molecular complexity index is 584. The molecule has 0 amide bonds. The highest BCUT2D eigenvalue weighted by atomic mass is 19.1. The highest BCUT2D eigenvalue weighted by Gasteiger charge is 2.05. The van der Waals surface area contributed by atoms with Crippen LogP contribution < -0.4 is 0 Å². The van der Waals surface area contributed by atoms with Crippen molar-refractivity contribution in [1.82, 2.24) is 14.7 Å². The second-order valence-electron chi connectivity index (χ2n) is 5.06. The first-order chi connectivity index (χ1) is 9.54. The Kier molecular flexibility index (Phi) is 4.69. The van der Waals surface area contributed by atoms with Crippen LogP contribution in [0.25, 0.3) is 6.08 Å². The van der Waals surface area contributed by atoms with E-state index in [0.29, 0.717) is 0 Å². The van der Waals surface area contributed by atoms with E-state index in [1.54, 1.807) is 12.1 Å². The Labute approximate surface area is 119 Å². The van der Waals surface area contributed by atoms with Crippen LogP contribution in [0.1, 0.15) is 16.8 Å². The second kappa shape index (κ2) is 6.48. The Balaban J connectivity index is 1.87. The number of likely N-dealkylation sites (N-methyl/N-ethyl adjacent to an activating group) is 1. The van der Waals surface area contributed by atoms with E-state index in [9.17, 15) is 4.39 Å². The first-order valence-electron chi connectivity index (χ1n) is 6.64. The molecule has 0 N–H and O–H groups in total. The molecule has 0 aliphatic rings. The molecule has 0 bridgehead atoms. The first kappa shape index (κ1) is 14.5. The van der Waals surface area contributed by atoms with Crippen LogP contribution in [0.5, 0.6) is 0 Å². The Morgan fingerprint density at radius 2 is 2.00 bits per heavy atom. The lowest BCUT2D eigenvalue weighted by atomic mass is 10.2. The first-order valence-corrected chi connectivity index (χ1v) is 6.64. The zero-order valence-corrected chi connectivity index (χ0v) is 12.2. The van der Waals surface area contributed by atoms with Gasteiger partial charge in [-0.2, -0.15) is 5.10 Å². The summed E-state index contributed by atoms with van der Waals surface area (Å²) in [6.07, 6.45) is 6.14. The Hall–Kier alpha value is -1.94. The zero-order chi connectivity index (χ0) is 14.5. The second-order valence-corrected chi connectivity index (χ2v) is 5.06. The van der Waals surface area contributed by atoms with Crippen LogP contribution in [0, 0.1) is 12.7 Å². The molecule has 1 aromatic carbocycles. The fourth-order valence-corrected chi connectivity index (χ4v) is 2.10. The number of nitrogens with zero attached hydrogens (tertiary/aromatic N) is 3. The predicted octanol–water partition coefficient (Wildman–Crippen LogP) is 3.01. The minimum Gasteiger partial charge on any atom is -0.298 e. The van der Waals surface area contributed by atoms with E-state index in [4.69, 9.17) is 0 Å². The summed E-state index contributed by atoms with van der Waals surface area (Å²) in [4.78, 5) is 2.21. The molecule has 0 unspecified atom stereocenters. The van der Waals surface area contributed by atoms with Gasteiger partial charge in [0.1, 0.15) is 5.82 Å². The van der Waals surface area contributed by atoms with E-state index in [-0.39, 0.29) is 5.82 Å². The molecular weight excluding hydrogens is 253 g/mol. The van der Waals surface area contributed by atoms with Crippen molar-refractivity contribution in [3.05, 3.63) is 59.2 Å². The molecule has 1 heterocycles. The summed E-state index contributed by atoms with van der Waals surface area (Å²) in [6.45, 7) is 3.73. The van der Waals surface area contributed by atoms with Crippen LogP contribution >= 0.6 is 0 Å². The average molecular weight is 273 g/mol. The molecule has 0 radical (unpaired) electrons. The normalized spacial score (nSPS) is 11.7. The summed E-state index contributed by atoms with van der Waals surface area (Å²) >= 11 is 0. The van der Waals surface area contributed by atoms with E-state index in [2.05, 4.69) is 29.3 Å². The lowest BCUT2D eigenvalue weighted by Crippen LogP contribution is -2.17. The van der Waals surface area contributed by atoms with Crippen LogP contribution in [0.3, 0.4) is 0 Å². The van der Waals surface area contributed by atoms with Gasteiger partial charge < -0.3 is 0 Å². The fraction of sp³-hybridized carbons (Fsp3) is 0.312. The van der Waals surface area contributed by atoms with Crippen LogP contribution in [0.4, 0.5) is 4.39 Å². The highest BCUT2D eigenvalue weighted by Crippen LogP contribution is 2.08. The third-order valence-electron chi connectivity index (χ3n) is 3.15. The maximum Gasteiger partial charge on any atom is 0.123 e. The summed E-state index contributed by atoms with van der Waals surface area (Å²) in [7, 11) is 4.01. The molecule has 4 heteroatoms. The SMILES string of the molecule is Cc1nn(C)cc1CN(C)CC=Cc1ccc(F)cc1. The van der Waals surface area contributed by atoms with Gasteiger partial charge in [0, 0.05) is 31.9 Å². The van der Waals surface area contributed by atoms with Crippen LogP contribution in [0.2, 0.25) is 0 Å². The largest absolute Gasteiger partial charge is 0.298 e. The van der Waals surface area contributed by atoms with Crippen LogP contribution in [-0.2, 0) is 13.6 Å². The van der Waals surface area contributed by atoms with Crippen molar-refractivity contribution in [1.29, 1.82) is 0 Å². The van der Waals surface area contributed by atoms with Gasteiger partial charge in [0.05, 0.1) is 5.69 Å². The van der Waals surface area contributed by atoms with Crippen molar-refractivity contribution < 1.29 is 4.39 Å². The average Bonchev–Trinajstić information content (AvgIpc) is 2.70. The van der Waals surface area contributed by atoms with Crippen molar-refractivity contribution in [2.75, 3.05) is 13.6 Å². The molecule has 0 saturated heterocycles. The van der Waals surface area contributed by atoms with Gasteiger partial charge in [0.15, 0.2) is 0 Å². The zero-order valence-electron chi connectivity index (χ0n) is 12.2. The van der Waals surface area contributed by atoms with Gasteiger partial charge in [0.2, 0.25) is 0 Å². The minimum atomic E-state index is -0.202. The van der Waals surface area contributed by atoms with Crippen molar-refractivity contribution in [3.63, 3.8) is 0 Å². The number of aromatic nitrogens is 2. The Morgan fingerprint density at radius 3 is 2.60 bits per heavy atom. The Morgan fingerprint density at radius 1 is 1.30 bits per heavy atom. The van der Waals surface area contributed by atoms with E-state index < -0.39 is 0 Å². The molecule has 20 heavy (non-hydrogen) atoms. The monoisotopic (exact) mass is 273 g/mol. The van der Waals surface area contributed by atoms with E-state index >= 15 is 0 Å². The fourth-order valence-electron chi connectivity index (χ4n) is 2.10. The molecule has 0 fully saturated rings. The van der Waals surface area contributed by atoms with Crippen molar-refractivity contribution in [2.24, 2.45) is 7.05 Å². The maximum atomic E-state index is 12.8. The number of benzene rings is 1. The summed E-state index contributed by atoms with van der Waals surface area (Å²) in [5, 5.41) is 4.34. The van der Waals surface area contributed by atoms with Crippen LogP contribution in [0.15, 0.2) is 36.5 Å². The third kappa shape index (κ3) is 4.03. The third-order valence-corrected chi connectivity index (χ3v) is 3.15. The molecule has 1 aromatic heterocycles. The smallest absolute Gasteiger partial charge is 0.123 e. The molecule has 0 aliphatic carbocycles. The van der Waals surface area contributed by atoms with Crippen LogP contribution in [-0.4, -0.2) is 28.3 Å².